The van der Waals surface area contributed by atoms with Gasteiger partial charge in [0.2, 0.25) is 8.32 Å². The summed E-state index contributed by atoms with van der Waals surface area (Å²) in [7, 11) is 0.461. The highest BCUT2D eigenvalue weighted by Crippen LogP contribution is 2.46. The van der Waals surface area contributed by atoms with Crippen LogP contribution in [0.2, 0.25) is 18.1 Å². The van der Waals surface area contributed by atoms with Crippen LogP contribution in [0.5, 0.6) is 11.5 Å². The summed E-state index contributed by atoms with van der Waals surface area (Å²) in [6.07, 6.45) is -0.0310. The number of nitrogens with zero attached hydrogens (tertiary/aromatic N) is 2. The van der Waals surface area contributed by atoms with Gasteiger partial charge in [0.25, 0.3) is 5.89 Å². The van der Waals surface area contributed by atoms with Gasteiger partial charge in [-0.3, -0.25) is 4.79 Å². The maximum atomic E-state index is 13.0. The summed E-state index contributed by atoms with van der Waals surface area (Å²) in [5.74, 6) is 0.294. The molecule has 11 heteroatoms. The lowest BCUT2D eigenvalue weighted by Crippen LogP contribution is -2.45. The number of ketones is 1. The summed E-state index contributed by atoms with van der Waals surface area (Å²) in [4.78, 5) is 29.9. The zero-order chi connectivity index (χ0) is 26.9. The Labute approximate surface area is 213 Å². The number of methoxy groups -OCH3 is 2. The minimum Gasteiger partial charge on any atom is -0.543 e. The van der Waals surface area contributed by atoms with Crippen LogP contribution < -0.4 is 14.9 Å². The standard InChI is InChI=1S/C24H37N3O6SSi/c1-13-16(30-7)11-17(33-35(9,10)23(4,5)6)20(19(13)21(29)31-8)18(34)12-24(25,14(2)28)22-26-15(3)27-32-22/h11,18,34H,12,25H2,1-10H3. The molecule has 0 radical (unpaired) electrons. The molecule has 0 aliphatic heterocycles. The number of Topliss-reactive ketones (excluding diaryl/α,β-unsaturated/α-hetero) is 1. The first-order chi connectivity index (χ1) is 16.0. The van der Waals surface area contributed by atoms with Crippen molar-refractivity contribution in [2.24, 2.45) is 5.73 Å². The minimum absolute atomic E-state index is 0.0155. The van der Waals surface area contributed by atoms with Crippen LogP contribution in [0.3, 0.4) is 0 Å². The molecular formula is C24H37N3O6SSi. The number of aryl methyl sites for hydroxylation is 1. The van der Waals surface area contributed by atoms with Gasteiger partial charge < -0.3 is 24.2 Å². The van der Waals surface area contributed by atoms with Crippen molar-refractivity contribution in [1.82, 2.24) is 10.1 Å². The van der Waals surface area contributed by atoms with Crippen molar-refractivity contribution < 1.29 is 28.0 Å². The molecule has 0 aliphatic rings. The first kappa shape index (κ1) is 28.9. The first-order valence-electron chi connectivity index (χ1n) is 11.3. The van der Waals surface area contributed by atoms with Crippen molar-refractivity contribution in [3.63, 3.8) is 0 Å². The number of ether oxygens (including phenoxy) is 2. The molecule has 0 spiro atoms. The maximum absolute atomic E-state index is 13.0. The van der Waals surface area contributed by atoms with E-state index in [2.05, 4.69) is 44.0 Å². The summed E-state index contributed by atoms with van der Waals surface area (Å²) in [6, 6.07) is 1.75. The number of benzene rings is 1. The molecule has 194 valence electrons. The molecule has 2 atom stereocenters. The van der Waals surface area contributed by atoms with E-state index in [9.17, 15) is 9.59 Å². The third-order valence-electron chi connectivity index (χ3n) is 6.71. The molecule has 1 heterocycles. The van der Waals surface area contributed by atoms with Gasteiger partial charge in [0.15, 0.2) is 17.1 Å². The fourth-order valence-corrected chi connectivity index (χ4v) is 5.01. The van der Waals surface area contributed by atoms with E-state index in [4.69, 9.17) is 36.8 Å². The average molecular weight is 524 g/mol. The smallest absolute Gasteiger partial charge is 0.338 e. The molecule has 0 saturated heterocycles. The summed E-state index contributed by atoms with van der Waals surface area (Å²) in [5.41, 5.74) is 6.21. The molecule has 0 amide bonds. The van der Waals surface area contributed by atoms with Gasteiger partial charge in [0.05, 0.1) is 19.8 Å². The van der Waals surface area contributed by atoms with Gasteiger partial charge in [-0.2, -0.15) is 17.6 Å². The Hall–Kier alpha value is -2.37. The molecule has 9 nitrogen and oxygen atoms in total. The minimum atomic E-state index is -2.37. The molecule has 0 saturated carbocycles. The van der Waals surface area contributed by atoms with E-state index < -0.39 is 25.1 Å². The second kappa shape index (κ2) is 10.3. The van der Waals surface area contributed by atoms with Crippen LogP contribution in [0, 0.1) is 13.8 Å². The van der Waals surface area contributed by atoms with Crippen molar-refractivity contribution in [2.75, 3.05) is 14.2 Å². The summed E-state index contributed by atoms with van der Waals surface area (Å²) >= 11 is 4.84. The van der Waals surface area contributed by atoms with Crippen molar-refractivity contribution in [2.45, 2.75) is 76.9 Å². The normalized spacial score (nSPS) is 14.7. The van der Waals surface area contributed by atoms with Crippen LogP contribution in [0.25, 0.3) is 0 Å². The van der Waals surface area contributed by atoms with E-state index in [1.54, 1.807) is 19.9 Å². The van der Waals surface area contributed by atoms with Crippen molar-refractivity contribution in [3.8, 4) is 11.5 Å². The summed E-state index contributed by atoms with van der Waals surface area (Å²) in [5, 5.41) is 2.93. The molecule has 35 heavy (non-hydrogen) atoms. The lowest BCUT2D eigenvalue weighted by molar-refractivity contribution is -0.123. The van der Waals surface area contributed by atoms with E-state index in [0.717, 1.165) is 0 Å². The van der Waals surface area contributed by atoms with E-state index >= 15 is 0 Å². The highest BCUT2D eigenvalue weighted by Gasteiger charge is 2.44. The lowest BCUT2D eigenvalue weighted by Gasteiger charge is -2.38. The molecule has 0 bridgehead atoms. The number of carbonyl (C=O) groups is 2. The van der Waals surface area contributed by atoms with Crippen molar-refractivity contribution in [3.05, 3.63) is 34.5 Å². The second-order valence-electron chi connectivity index (χ2n) is 10.2. The van der Waals surface area contributed by atoms with Crippen molar-refractivity contribution >= 4 is 32.7 Å². The van der Waals surface area contributed by atoms with Crippen LogP contribution in [-0.4, -0.2) is 44.4 Å². The molecule has 2 N–H and O–H groups in total. The van der Waals surface area contributed by atoms with E-state index in [0.29, 0.717) is 28.5 Å². The van der Waals surface area contributed by atoms with Gasteiger partial charge in [0, 0.05) is 22.4 Å². The zero-order valence-corrected chi connectivity index (χ0v) is 24.1. The Balaban J connectivity index is 2.79. The van der Waals surface area contributed by atoms with Gasteiger partial charge in [-0.05, 0) is 45.3 Å². The Kier molecular flexibility index (Phi) is 8.51. The number of thiol groups is 1. The quantitative estimate of drug-likeness (QED) is 0.274. The zero-order valence-electron chi connectivity index (χ0n) is 22.2. The third kappa shape index (κ3) is 5.73. The molecule has 1 aromatic heterocycles. The number of nitrogens with two attached hydrogens (primary N) is 1. The highest BCUT2D eigenvalue weighted by atomic mass is 32.1. The van der Waals surface area contributed by atoms with Crippen LogP contribution in [0.15, 0.2) is 10.6 Å². The molecule has 2 rings (SSSR count). The number of hydrogen-bond acceptors (Lipinski definition) is 10. The van der Waals surface area contributed by atoms with Gasteiger partial charge in [0.1, 0.15) is 11.5 Å². The first-order valence-corrected chi connectivity index (χ1v) is 14.7. The molecular weight excluding hydrogens is 486 g/mol. The third-order valence-corrected chi connectivity index (χ3v) is 11.5. The molecule has 1 aromatic carbocycles. The monoisotopic (exact) mass is 523 g/mol. The van der Waals surface area contributed by atoms with Gasteiger partial charge >= 0.3 is 5.97 Å². The molecule has 0 fully saturated rings. The highest BCUT2D eigenvalue weighted by molar-refractivity contribution is 7.80. The SMILES string of the molecule is COC(=O)c1c(C)c(OC)cc(O[Si](C)(C)C(C)(C)C)c1C(S)CC(N)(C(C)=O)c1nc(C)no1. The topological polar surface area (TPSA) is 127 Å². The van der Waals surface area contributed by atoms with Gasteiger partial charge in [-0.15, -0.1) is 0 Å². The Morgan fingerprint density at radius 1 is 1.20 bits per heavy atom. The predicted molar refractivity (Wildman–Crippen MR) is 139 cm³/mol. The summed E-state index contributed by atoms with van der Waals surface area (Å²) < 4.78 is 22.6. The fourth-order valence-electron chi connectivity index (χ4n) is 3.44. The van der Waals surface area contributed by atoms with E-state index in [-0.39, 0.29) is 28.7 Å². The largest absolute Gasteiger partial charge is 0.543 e. The van der Waals surface area contributed by atoms with Gasteiger partial charge in [-0.25, -0.2) is 4.79 Å². The Morgan fingerprint density at radius 2 is 1.80 bits per heavy atom. The van der Waals surface area contributed by atoms with Crippen LogP contribution >= 0.6 is 12.6 Å². The fraction of sp³-hybridized carbons (Fsp3) is 0.583. The number of hydrogen-bond donors (Lipinski definition) is 2. The van der Waals surface area contributed by atoms with E-state index in [1.807, 2.05) is 0 Å². The molecule has 2 unspecified atom stereocenters. The van der Waals surface area contributed by atoms with Crippen LogP contribution in [0.4, 0.5) is 0 Å². The maximum Gasteiger partial charge on any atom is 0.338 e. The molecule has 2 aromatic rings. The van der Waals surface area contributed by atoms with Crippen LogP contribution in [-0.2, 0) is 15.1 Å². The Morgan fingerprint density at radius 3 is 2.23 bits per heavy atom. The Bertz CT molecular complexity index is 1110. The number of esters is 1. The molecule has 0 aliphatic carbocycles. The number of carbonyl (C=O) groups excluding carboxylic acids is 2. The lowest BCUT2D eigenvalue weighted by atomic mass is 9.85. The number of rotatable bonds is 9. The van der Waals surface area contributed by atoms with Crippen LogP contribution in [0.1, 0.15) is 72.6 Å². The van der Waals surface area contributed by atoms with E-state index in [1.165, 1.54) is 21.1 Å². The van der Waals surface area contributed by atoms with Crippen molar-refractivity contribution in [1.29, 1.82) is 0 Å². The number of aromatic nitrogens is 2. The van der Waals surface area contributed by atoms with Gasteiger partial charge in [-0.1, -0.05) is 25.9 Å². The second-order valence-corrected chi connectivity index (χ2v) is 15.6. The predicted octanol–water partition coefficient (Wildman–Crippen LogP) is 4.67. The summed E-state index contributed by atoms with van der Waals surface area (Å²) in [6.45, 7) is 15.3. The average Bonchev–Trinajstić information content (AvgIpc) is 3.19.